The standard InChI is InChI=1S/C21H39N5O6/c1-12(2)11-15(20(30)26-10-6-8-16(26)21(31)32)24-19(29)17(13(3)27)25-18(28)14(23)7-4-5-9-22/h12-17,27H,4-11,22-23H2,1-3H3,(H,24,29)(H,25,28)(H,31,32). The third kappa shape index (κ3) is 8.36. The summed E-state index contributed by atoms with van der Waals surface area (Å²) in [7, 11) is 0. The van der Waals surface area contributed by atoms with Gasteiger partial charge in [0, 0.05) is 6.54 Å². The van der Waals surface area contributed by atoms with Crippen molar-refractivity contribution in [1.29, 1.82) is 0 Å². The van der Waals surface area contributed by atoms with Crippen molar-refractivity contribution in [2.24, 2.45) is 17.4 Å². The van der Waals surface area contributed by atoms with Gasteiger partial charge < -0.3 is 37.2 Å². The minimum Gasteiger partial charge on any atom is -0.480 e. The molecule has 0 aromatic rings. The molecule has 32 heavy (non-hydrogen) atoms. The number of carbonyl (C=O) groups is 4. The monoisotopic (exact) mass is 457 g/mol. The van der Waals surface area contributed by atoms with Gasteiger partial charge in [-0.15, -0.1) is 0 Å². The molecule has 1 heterocycles. The molecule has 0 spiro atoms. The SMILES string of the molecule is CC(C)CC(NC(=O)C(NC(=O)C(N)CCCCN)C(C)O)C(=O)N1CCCC1C(=O)O. The van der Waals surface area contributed by atoms with Crippen LogP contribution in [0.3, 0.4) is 0 Å². The van der Waals surface area contributed by atoms with Crippen molar-refractivity contribution >= 4 is 23.7 Å². The number of nitrogens with two attached hydrogens (primary N) is 2. The lowest BCUT2D eigenvalue weighted by atomic mass is 10.0. The zero-order chi connectivity index (χ0) is 24.4. The molecule has 1 fully saturated rings. The van der Waals surface area contributed by atoms with Crippen molar-refractivity contribution in [3.05, 3.63) is 0 Å². The molecule has 11 heteroatoms. The number of rotatable bonds is 13. The Balaban J connectivity index is 2.89. The smallest absolute Gasteiger partial charge is 0.326 e. The minimum atomic E-state index is -1.31. The second kappa shape index (κ2) is 13.3. The van der Waals surface area contributed by atoms with Crippen LogP contribution in [0, 0.1) is 5.92 Å². The fourth-order valence-corrected chi connectivity index (χ4v) is 3.75. The van der Waals surface area contributed by atoms with E-state index in [9.17, 15) is 29.4 Å². The highest BCUT2D eigenvalue weighted by Crippen LogP contribution is 2.20. The summed E-state index contributed by atoms with van der Waals surface area (Å²) in [6, 6.07) is -4.06. The molecule has 1 aliphatic heterocycles. The van der Waals surface area contributed by atoms with Crippen molar-refractivity contribution in [1.82, 2.24) is 15.5 Å². The Hall–Kier alpha value is -2.24. The van der Waals surface area contributed by atoms with Gasteiger partial charge in [-0.05, 0) is 51.5 Å². The van der Waals surface area contributed by atoms with Crippen molar-refractivity contribution in [3.63, 3.8) is 0 Å². The number of amides is 3. The van der Waals surface area contributed by atoms with Crippen LogP contribution in [0.4, 0.5) is 0 Å². The minimum absolute atomic E-state index is 0.0330. The van der Waals surface area contributed by atoms with Gasteiger partial charge in [-0.2, -0.15) is 0 Å². The molecule has 3 amide bonds. The fourth-order valence-electron chi connectivity index (χ4n) is 3.75. The number of aliphatic hydroxyl groups excluding tert-OH is 1. The van der Waals surface area contributed by atoms with E-state index in [2.05, 4.69) is 10.6 Å². The molecule has 0 radical (unpaired) electrons. The van der Waals surface area contributed by atoms with Gasteiger partial charge in [-0.25, -0.2) is 4.79 Å². The van der Waals surface area contributed by atoms with Crippen LogP contribution >= 0.6 is 0 Å². The number of hydrogen-bond acceptors (Lipinski definition) is 7. The molecular weight excluding hydrogens is 418 g/mol. The summed E-state index contributed by atoms with van der Waals surface area (Å²) < 4.78 is 0. The third-order valence-electron chi connectivity index (χ3n) is 5.51. The van der Waals surface area contributed by atoms with Gasteiger partial charge in [0.05, 0.1) is 12.1 Å². The number of aliphatic carboxylic acids is 1. The summed E-state index contributed by atoms with van der Waals surface area (Å²) in [5, 5.41) is 24.5. The topological polar surface area (TPSA) is 188 Å². The summed E-state index contributed by atoms with van der Waals surface area (Å²) in [6.45, 7) is 5.88. The van der Waals surface area contributed by atoms with E-state index in [4.69, 9.17) is 11.5 Å². The summed E-state index contributed by atoms with van der Waals surface area (Å²) in [4.78, 5) is 51.1. The third-order valence-corrected chi connectivity index (χ3v) is 5.51. The molecule has 0 saturated carbocycles. The second-order valence-electron chi connectivity index (χ2n) is 8.84. The average molecular weight is 458 g/mol. The van der Waals surface area contributed by atoms with E-state index < -0.39 is 54.0 Å². The Morgan fingerprint density at radius 1 is 1.09 bits per heavy atom. The first-order chi connectivity index (χ1) is 15.0. The summed E-state index contributed by atoms with van der Waals surface area (Å²) in [6.07, 6.45) is 1.74. The number of nitrogens with zero attached hydrogens (tertiary/aromatic N) is 1. The average Bonchev–Trinajstić information content (AvgIpc) is 3.20. The quantitative estimate of drug-likeness (QED) is 0.188. The normalized spacial score (nSPS) is 19.8. The van der Waals surface area contributed by atoms with Crippen LogP contribution < -0.4 is 22.1 Å². The maximum absolute atomic E-state index is 13.1. The van der Waals surface area contributed by atoms with E-state index in [1.54, 1.807) is 0 Å². The van der Waals surface area contributed by atoms with Gasteiger partial charge >= 0.3 is 5.97 Å². The highest BCUT2D eigenvalue weighted by atomic mass is 16.4. The molecule has 5 unspecified atom stereocenters. The van der Waals surface area contributed by atoms with E-state index in [-0.39, 0.29) is 12.3 Å². The van der Waals surface area contributed by atoms with Crippen LogP contribution in [0.2, 0.25) is 0 Å². The largest absolute Gasteiger partial charge is 0.480 e. The van der Waals surface area contributed by atoms with Gasteiger partial charge in [-0.3, -0.25) is 14.4 Å². The van der Waals surface area contributed by atoms with Crippen LogP contribution in [0.25, 0.3) is 0 Å². The van der Waals surface area contributed by atoms with Crippen molar-refractivity contribution < 1.29 is 29.4 Å². The molecule has 8 N–H and O–H groups in total. The first kappa shape index (κ1) is 27.8. The number of nitrogens with one attached hydrogen (secondary N) is 2. The summed E-state index contributed by atoms with van der Waals surface area (Å²) in [5.74, 6) is -2.84. The number of carbonyl (C=O) groups excluding carboxylic acids is 3. The van der Waals surface area contributed by atoms with E-state index in [1.807, 2.05) is 13.8 Å². The zero-order valence-electron chi connectivity index (χ0n) is 19.3. The summed E-state index contributed by atoms with van der Waals surface area (Å²) >= 11 is 0. The van der Waals surface area contributed by atoms with Crippen LogP contribution in [0.5, 0.6) is 0 Å². The van der Waals surface area contributed by atoms with Gasteiger partial charge in [-0.1, -0.05) is 20.3 Å². The molecule has 0 aromatic heterocycles. The fraction of sp³-hybridized carbons (Fsp3) is 0.810. The van der Waals surface area contributed by atoms with E-state index in [0.29, 0.717) is 45.2 Å². The Labute approximate surface area is 189 Å². The Kier molecular flexibility index (Phi) is 11.6. The molecular formula is C21H39N5O6. The maximum atomic E-state index is 13.1. The van der Waals surface area contributed by atoms with Gasteiger partial charge in [0.25, 0.3) is 0 Å². The number of carboxylic acids is 1. The number of aliphatic hydroxyl groups is 1. The van der Waals surface area contributed by atoms with Crippen LogP contribution in [-0.2, 0) is 19.2 Å². The predicted octanol–water partition coefficient (Wildman–Crippen LogP) is -1.09. The van der Waals surface area contributed by atoms with E-state index >= 15 is 0 Å². The first-order valence-corrected chi connectivity index (χ1v) is 11.3. The van der Waals surface area contributed by atoms with Gasteiger partial charge in [0.2, 0.25) is 17.7 Å². The first-order valence-electron chi connectivity index (χ1n) is 11.3. The van der Waals surface area contributed by atoms with E-state index in [0.717, 1.165) is 0 Å². The van der Waals surface area contributed by atoms with Crippen molar-refractivity contribution in [2.75, 3.05) is 13.1 Å². The summed E-state index contributed by atoms with van der Waals surface area (Å²) in [5.41, 5.74) is 11.3. The second-order valence-corrected chi connectivity index (χ2v) is 8.84. The van der Waals surface area contributed by atoms with Crippen LogP contribution in [0.15, 0.2) is 0 Å². The molecule has 1 saturated heterocycles. The number of likely N-dealkylation sites (tertiary alicyclic amines) is 1. The molecule has 0 bridgehead atoms. The molecule has 11 nitrogen and oxygen atoms in total. The lowest BCUT2D eigenvalue weighted by molar-refractivity contribution is -0.149. The Bertz CT molecular complexity index is 657. The van der Waals surface area contributed by atoms with E-state index in [1.165, 1.54) is 11.8 Å². The zero-order valence-corrected chi connectivity index (χ0v) is 19.3. The molecule has 0 aliphatic carbocycles. The predicted molar refractivity (Wildman–Crippen MR) is 118 cm³/mol. The Morgan fingerprint density at radius 3 is 2.28 bits per heavy atom. The molecule has 1 aliphatic rings. The number of hydrogen-bond donors (Lipinski definition) is 6. The van der Waals surface area contributed by atoms with Crippen LogP contribution in [0.1, 0.15) is 59.3 Å². The van der Waals surface area contributed by atoms with Gasteiger partial charge in [0.15, 0.2) is 0 Å². The molecule has 1 rings (SSSR count). The number of unbranched alkanes of at least 4 members (excludes halogenated alkanes) is 1. The lowest BCUT2D eigenvalue weighted by Gasteiger charge is -2.30. The lowest BCUT2D eigenvalue weighted by Crippen LogP contribution is -2.60. The Morgan fingerprint density at radius 2 is 1.75 bits per heavy atom. The van der Waals surface area contributed by atoms with Crippen molar-refractivity contribution in [3.8, 4) is 0 Å². The highest BCUT2D eigenvalue weighted by molar-refractivity contribution is 5.94. The molecule has 184 valence electrons. The van der Waals surface area contributed by atoms with Gasteiger partial charge in [0.1, 0.15) is 18.1 Å². The molecule has 5 atom stereocenters. The number of carboxylic acid groups (broad SMARTS) is 1. The van der Waals surface area contributed by atoms with Crippen LogP contribution in [-0.4, -0.2) is 82.2 Å². The highest BCUT2D eigenvalue weighted by Gasteiger charge is 2.39. The van der Waals surface area contributed by atoms with Crippen molar-refractivity contribution in [2.45, 2.75) is 89.6 Å². The molecule has 0 aromatic carbocycles. The maximum Gasteiger partial charge on any atom is 0.326 e.